The second kappa shape index (κ2) is 10.6. The number of thiophene rings is 1. The number of likely N-dealkylation sites (tertiary alicyclic amines) is 2. The molecule has 2 aliphatic heterocycles. The van der Waals surface area contributed by atoms with Crippen molar-refractivity contribution in [3.63, 3.8) is 0 Å². The van der Waals surface area contributed by atoms with E-state index in [1.807, 2.05) is 32.7 Å². The molecular weight excluding hydrogens is 470 g/mol. The molecule has 0 aliphatic carbocycles. The maximum absolute atomic E-state index is 12.9. The molecule has 0 radical (unpaired) electrons. The average Bonchev–Trinajstić information content (AvgIpc) is 3.47. The van der Waals surface area contributed by atoms with Gasteiger partial charge in [-0.2, -0.15) is 11.3 Å². The fraction of sp³-hybridized carbons (Fsp3) is 0.346. The summed E-state index contributed by atoms with van der Waals surface area (Å²) in [5.41, 5.74) is 2.43. The number of nitrogens with one attached hydrogen (secondary N) is 1. The number of rotatable bonds is 5. The first-order valence-corrected chi connectivity index (χ1v) is 12.7. The van der Waals surface area contributed by atoms with Gasteiger partial charge in [0.05, 0.1) is 0 Å². The van der Waals surface area contributed by atoms with E-state index >= 15 is 0 Å². The van der Waals surface area contributed by atoms with E-state index in [1.54, 1.807) is 47.8 Å². The third-order valence-corrected chi connectivity index (χ3v) is 7.52. The molecule has 0 saturated carbocycles. The van der Waals surface area contributed by atoms with E-state index in [-0.39, 0.29) is 23.1 Å². The lowest BCUT2D eigenvalue weighted by Crippen LogP contribution is -2.44. The molecule has 178 valence electrons. The normalized spacial score (nSPS) is 17.7. The monoisotopic (exact) mass is 497 g/mol. The van der Waals surface area contributed by atoms with Crippen LogP contribution in [0.3, 0.4) is 0 Å². The fourth-order valence-corrected chi connectivity index (χ4v) is 5.41. The molecule has 2 saturated heterocycles. The van der Waals surface area contributed by atoms with Gasteiger partial charge in [0.25, 0.3) is 0 Å². The van der Waals surface area contributed by atoms with Crippen LogP contribution in [0.4, 0.5) is 5.69 Å². The van der Waals surface area contributed by atoms with Crippen molar-refractivity contribution in [2.45, 2.75) is 26.2 Å². The van der Waals surface area contributed by atoms with E-state index in [0.29, 0.717) is 23.8 Å². The van der Waals surface area contributed by atoms with Crippen LogP contribution in [0.1, 0.15) is 37.3 Å². The number of nitrogens with zero attached hydrogens (tertiary/aromatic N) is 2. The minimum Gasteiger partial charge on any atom is -0.339 e. The second-order valence-corrected chi connectivity index (χ2v) is 10.2. The van der Waals surface area contributed by atoms with Gasteiger partial charge in [0.2, 0.25) is 17.7 Å². The highest BCUT2D eigenvalue weighted by Gasteiger charge is 2.42. The molecule has 1 N–H and O–H groups in total. The molecule has 2 fully saturated rings. The smallest absolute Gasteiger partial charge is 0.246 e. The van der Waals surface area contributed by atoms with Gasteiger partial charge in [-0.15, -0.1) is 0 Å². The van der Waals surface area contributed by atoms with Crippen molar-refractivity contribution in [3.05, 3.63) is 63.3 Å². The summed E-state index contributed by atoms with van der Waals surface area (Å²) in [6.07, 6.45) is 9.56. The number of benzene rings is 1. The topological polar surface area (TPSA) is 69.7 Å². The summed E-state index contributed by atoms with van der Waals surface area (Å²) in [6, 6.07) is 7.17. The third kappa shape index (κ3) is 5.96. The van der Waals surface area contributed by atoms with Gasteiger partial charge >= 0.3 is 0 Å². The summed E-state index contributed by atoms with van der Waals surface area (Å²) in [7, 11) is 0. The Kier molecular flexibility index (Phi) is 7.54. The zero-order chi connectivity index (χ0) is 24.1. The van der Waals surface area contributed by atoms with E-state index in [1.165, 1.54) is 6.92 Å². The maximum atomic E-state index is 12.9. The molecule has 1 spiro atoms. The number of amides is 3. The summed E-state index contributed by atoms with van der Waals surface area (Å²) in [5.74, 6) is -0.192. The van der Waals surface area contributed by atoms with Gasteiger partial charge in [0, 0.05) is 56.0 Å². The zero-order valence-corrected chi connectivity index (χ0v) is 20.7. The Morgan fingerprint density at radius 1 is 1.00 bits per heavy atom. The molecule has 0 atom stereocenters. The first kappa shape index (κ1) is 24.2. The van der Waals surface area contributed by atoms with Crippen LogP contribution < -0.4 is 5.32 Å². The lowest BCUT2D eigenvalue weighted by Gasteiger charge is -2.38. The number of hydrogen-bond donors (Lipinski definition) is 1. The first-order valence-electron chi connectivity index (χ1n) is 11.4. The number of halogens is 1. The minimum absolute atomic E-state index is 0.0437. The molecule has 34 heavy (non-hydrogen) atoms. The third-order valence-electron chi connectivity index (χ3n) is 6.58. The molecule has 4 rings (SSSR count). The molecule has 3 heterocycles. The van der Waals surface area contributed by atoms with Crippen molar-refractivity contribution in [1.29, 1.82) is 0 Å². The van der Waals surface area contributed by atoms with Crippen LogP contribution in [0.15, 0.2) is 47.2 Å². The maximum Gasteiger partial charge on any atom is 0.246 e. The van der Waals surface area contributed by atoms with Gasteiger partial charge in [-0.25, -0.2) is 0 Å². The molecule has 8 heteroatoms. The van der Waals surface area contributed by atoms with Crippen molar-refractivity contribution < 1.29 is 14.4 Å². The first-order chi connectivity index (χ1) is 16.3. The van der Waals surface area contributed by atoms with E-state index in [4.69, 9.17) is 11.6 Å². The van der Waals surface area contributed by atoms with Crippen LogP contribution in [0.2, 0.25) is 5.02 Å². The molecule has 1 aromatic heterocycles. The lowest BCUT2D eigenvalue weighted by atomic mass is 9.78. The summed E-state index contributed by atoms with van der Waals surface area (Å²) < 4.78 is 0. The molecule has 3 amide bonds. The van der Waals surface area contributed by atoms with Crippen molar-refractivity contribution in [2.24, 2.45) is 5.41 Å². The highest BCUT2D eigenvalue weighted by molar-refractivity contribution is 7.08. The molecule has 2 aromatic rings. The predicted octanol–water partition coefficient (Wildman–Crippen LogP) is 4.93. The van der Waals surface area contributed by atoms with E-state index in [9.17, 15) is 14.4 Å². The van der Waals surface area contributed by atoms with Crippen LogP contribution in [0.25, 0.3) is 12.2 Å². The van der Waals surface area contributed by atoms with Gasteiger partial charge in [0.15, 0.2) is 0 Å². The molecule has 1 aromatic carbocycles. The zero-order valence-electron chi connectivity index (χ0n) is 19.1. The number of anilines is 1. The van der Waals surface area contributed by atoms with E-state index in [2.05, 4.69) is 5.32 Å². The standard InChI is InChI=1S/C26H28ClN3O3S/c1-19(31)28-23-16-22(27)5-3-21(23)4-7-25(33)30-14-11-26(18-30)9-12-29(13-10-26)24(32)6-2-20-8-15-34-17-20/h2-8,15-17H,9-14,18H2,1H3,(H,28,31). The second-order valence-electron chi connectivity index (χ2n) is 8.97. The molecule has 2 aliphatic rings. The van der Waals surface area contributed by atoms with Crippen LogP contribution in [0, 0.1) is 5.41 Å². The molecule has 0 bridgehead atoms. The van der Waals surface area contributed by atoms with E-state index in [0.717, 1.165) is 43.5 Å². The number of carbonyl (C=O) groups excluding carboxylic acids is 3. The molecule has 6 nitrogen and oxygen atoms in total. The Morgan fingerprint density at radius 3 is 2.35 bits per heavy atom. The quantitative estimate of drug-likeness (QED) is 0.595. The highest BCUT2D eigenvalue weighted by Crippen LogP contribution is 2.40. The molecular formula is C26H28ClN3O3S. The predicted molar refractivity (Wildman–Crippen MR) is 138 cm³/mol. The van der Waals surface area contributed by atoms with Gasteiger partial charge in [-0.05, 0) is 76.9 Å². The summed E-state index contributed by atoms with van der Waals surface area (Å²) in [5, 5.41) is 7.27. The lowest BCUT2D eigenvalue weighted by molar-refractivity contribution is -0.129. The van der Waals surface area contributed by atoms with E-state index < -0.39 is 0 Å². The summed E-state index contributed by atoms with van der Waals surface area (Å²) >= 11 is 7.65. The largest absolute Gasteiger partial charge is 0.339 e. The van der Waals surface area contributed by atoms with Crippen molar-refractivity contribution >= 4 is 58.5 Å². The van der Waals surface area contributed by atoms with Crippen LogP contribution in [0.5, 0.6) is 0 Å². The molecule has 0 unspecified atom stereocenters. The average molecular weight is 498 g/mol. The van der Waals surface area contributed by atoms with Crippen LogP contribution in [-0.2, 0) is 14.4 Å². The van der Waals surface area contributed by atoms with Crippen LogP contribution >= 0.6 is 22.9 Å². The van der Waals surface area contributed by atoms with Gasteiger partial charge in [0.1, 0.15) is 0 Å². The van der Waals surface area contributed by atoms with Crippen molar-refractivity contribution in [3.8, 4) is 0 Å². The summed E-state index contributed by atoms with van der Waals surface area (Å²) in [6.45, 7) is 4.30. The van der Waals surface area contributed by atoms with Crippen LogP contribution in [-0.4, -0.2) is 53.7 Å². The fourth-order valence-electron chi connectivity index (χ4n) is 4.61. The Morgan fingerprint density at radius 2 is 1.68 bits per heavy atom. The van der Waals surface area contributed by atoms with Gasteiger partial charge < -0.3 is 15.1 Å². The number of piperidine rings is 1. The Labute approximate surface area is 208 Å². The number of carbonyl (C=O) groups is 3. The van der Waals surface area contributed by atoms with Crippen molar-refractivity contribution in [1.82, 2.24) is 9.80 Å². The van der Waals surface area contributed by atoms with Gasteiger partial charge in [-0.3, -0.25) is 14.4 Å². The Balaban J connectivity index is 1.32. The number of hydrogen-bond acceptors (Lipinski definition) is 4. The highest BCUT2D eigenvalue weighted by atomic mass is 35.5. The summed E-state index contributed by atoms with van der Waals surface area (Å²) in [4.78, 5) is 40.7. The van der Waals surface area contributed by atoms with Gasteiger partial charge in [-0.1, -0.05) is 17.7 Å². The SMILES string of the molecule is CC(=O)Nc1cc(Cl)ccc1C=CC(=O)N1CCC2(CCN(C(=O)C=Cc3ccsc3)CC2)C1. The minimum atomic E-state index is -0.198. The Bertz CT molecular complexity index is 1120. The van der Waals surface area contributed by atoms with Crippen molar-refractivity contribution in [2.75, 3.05) is 31.5 Å². The Hall–Kier alpha value is -2.90.